The van der Waals surface area contributed by atoms with Crippen LogP contribution in [0.25, 0.3) is 0 Å². The number of rotatable bonds is 37. The standard InChI is InChI=1S/C67H95Cl4N7O12S2/c1-44(2)46(43-91(81,82)54-19-15-52(16-20-54)89-65-58-33-47(68)35-60(70)56(58)37-63(65)77-25-8-11-49(72)39-77)41-87-31-30-86-28-24-75-67(80)74-23-7-5-6-13-51(79)14-10-27-85-29-32-88-42-62(45(3)4)76-92(83,84)55-21-17-53(18-22-55)90-66-59-34-48(69)36-61(71)57(59)38-64(66)78-26-9-12-50(73)40-78/h15-22,33-36,44-46,49-50,62-66,76H,5-14,23-32,37-43,72-73H2,1-4H3,(H2,74,75,80)/t46-,49+,50+,62+,63-,64-,65-,66-/m0/s1. The van der Waals surface area contributed by atoms with Gasteiger partial charge < -0.3 is 50.5 Å². The van der Waals surface area contributed by atoms with Gasteiger partial charge in [-0.1, -0.05) is 80.5 Å². The number of ketones is 1. The SMILES string of the molecule is CC(C)[C@@H](COCCOCCNC(=O)NCCCCCC(=O)CCCOCCOC[C@@H](NS(=O)(=O)c1ccc(O[C@H]2c3cc(Cl)cc(Cl)c3C[C@@H]2N2CCC[C@@H](N)C2)cc1)C(C)C)CS(=O)(=O)c1ccc(O[C@H]2c3cc(Cl)cc(Cl)c3C[C@@H]2N2CCC[C@@H](N)C2)cc1. The number of sulfonamides is 1. The highest BCUT2D eigenvalue weighted by molar-refractivity contribution is 7.91. The smallest absolute Gasteiger partial charge is 0.314 e. The van der Waals surface area contributed by atoms with Gasteiger partial charge in [0, 0.05) is 95.0 Å². The van der Waals surface area contributed by atoms with E-state index in [2.05, 4.69) is 25.2 Å². The number of ether oxygens (including phenoxy) is 6. The number of amides is 2. The number of likely N-dealkylation sites (tertiary alicyclic amines) is 2. The Kier molecular flexibility index (Phi) is 28.9. The summed E-state index contributed by atoms with van der Waals surface area (Å²) in [7, 11) is -7.55. The van der Waals surface area contributed by atoms with Crippen LogP contribution in [0.1, 0.15) is 126 Å². The van der Waals surface area contributed by atoms with Crippen LogP contribution in [0.3, 0.4) is 0 Å². The lowest BCUT2D eigenvalue weighted by Gasteiger charge is -2.38. The van der Waals surface area contributed by atoms with Gasteiger partial charge in [-0.25, -0.2) is 26.4 Å². The molecule has 0 radical (unpaired) electrons. The first-order valence-electron chi connectivity index (χ1n) is 32.6. The maximum atomic E-state index is 13.7. The summed E-state index contributed by atoms with van der Waals surface area (Å²) in [4.78, 5) is 29.9. The fourth-order valence-electron chi connectivity index (χ4n) is 12.5. The zero-order valence-corrected chi connectivity index (χ0v) is 58.2. The van der Waals surface area contributed by atoms with Crippen molar-refractivity contribution in [3.63, 3.8) is 0 Å². The number of sulfone groups is 1. The lowest BCUT2D eigenvalue weighted by Crippen LogP contribution is -2.49. The number of nitrogens with two attached hydrogens (primary N) is 2. The fraction of sp³-hybridized carbons (Fsp3) is 0.612. The highest BCUT2D eigenvalue weighted by Crippen LogP contribution is 2.45. The molecule has 4 aromatic rings. The predicted octanol–water partition coefficient (Wildman–Crippen LogP) is 10.6. The maximum absolute atomic E-state index is 13.7. The van der Waals surface area contributed by atoms with Gasteiger partial charge in [0.15, 0.2) is 9.84 Å². The van der Waals surface area contributed by atoms with E-state index in [0.29, 0.717) is 90.0 Å². The van der Waals surface area contributed by atoms with Gasteiger partial charge >= 0.3 is 6.03 Å². The fourth-order valence-corrected chi connectivity index (χ4v) is 16.8. The summed E-state index contributed by atoms with van der Waals surface area (Å²) in [5.74, 6) is 0.890. The van der Waals surface area contributed by atoms with Gasteiger partial charge in [0.05, 0.1) is 73.9 Å². The Bertz CT molecular complexity index is 3030. The number of Topliss-reactive ketones (excluding diaryl/α,β-unsaturated/α-hetero) is 1. The minimum Gasteiger partial charge on any atom is -0.484 e. The lowest BCUT2D eigenvalue weighted by atomic mass is 9.99. The summed E-state index contributed by atoms with van der Waals surface area (Å²) in [6.45, 7) is 14.1. The topological polar surface area (TPSA) is 252 Å². The van der Waals surface area contributed by atoms with E-state index in [1.54, 1.807) is 60.7 Å². The second kappa shape index (κ2) is 35.9. The van der Waals surface area contributed by atoms with Crippen molar-refractivity contribution in [2.45, 2.75) is 157 Å². The average Bonchev–Trinajstić information content (AvgIpc) is 1.62. The van der Waals surface area contributed by atoms with Crippen molar-refractivity contribution in [1.82, 2.24) is 25.2 Å². The lowest BCUT2D eigenvalue weighted by molar-refractivity contribution is -0.119. The van der Waals surface area contributed by atoms with Crippen LogP contribution in [0, 0.1) is 17.8 Å². The first kappa shape index (κ1) is 73.9. The van der Waals surface area contributed by atoms with Gasteiger partial charge in [-0.05, 0) is 173 Å². The highest BCUT2D eigenvalue weighted by Gasteiger charge is 2.43. The van der Waals surface area contributed by atoms with E-state index in [4.69, 9.17) is 86.3 Å². The van der Waals surface area contributed by atoms with Crippen LogP contribution < -0.4 is 36.3 Å². The van der Waals surface area contributed by atoms with Crippen molar-refractivity contribution in [3.8, 4) is 11.5 Å². The molecule has 7 N–H and O–H groups in total. The summed E-state index contributed by atoms with van der Waals surface area (Å²) in [5, 5.41) is 7.89. The number of hydrogen-bond donors (Lipinski definition) is 5. The number of hydrogen-bond acceptors (Lipinski definition) is 16. The molecule has 0 saturated carbocycles. The molecule has 2 aliphatic carbocycles. The van der Waals surface area contributed by atoms with Crippen LogP contribution in [-0.4, -0.2) is 167 Å². The van der Waals surface area contributed by atoms with Crippen LogP contribution in [0.4, 0.5) is 4.79 Å². The second-order valence-electron chi connectivity index (χ2n) is 25.5. The van der Waals surface area contributed by atoms with Crippen molar-refractivity contribution in [3.05, 3.63) is 115 Å². The molecule has 19 nitrogen and oxygen atoms in total. The maximum Gasteiger partial charge on any atom is 0.314 e. The zero-order valence-electron chi connectivity index (χ0n) is 53.6. The Labute approximate surface area is 565 Å². The number of halogens is 4. The second-order valence-corrected chi connectivity index (χ2v) is 31.0. The Hall–Kier alpha value is -3.88. The van der Waals surface area contributed by atoms with E-state index in [9.17, 15) is 26.4 Å². The molecule has 0 unspecified atom stereocenters. The average molecular weight is 1400 g/mol. The Balaban J connectivity index is 0.619. The summed E-state index contributed by atoms with van der Waals surface area (Å²) in [6, 6.07) is 19.8. The third kappa shape index (κ3) is 21.8. The molecule has 2 aliphatic heterocycles. The molecule has 2 fully saturated rings. The third-order valence-corrected chi connectivity index (χ3v) is 22.3. The first-order chi connectivity index (χ1) is 44.0. The number of urea groups is 1. The molecule has 0 bridgehead atoms. The van der Waals surface area contributed by atoms with E-state index in [1.807, 2.05) is 39.8 Å². The minimum absolute atomic E-state index is 0.00238. The quantitative estimate of drug-likeness (QED) is 0.0263. The number of nitrogens with zero attached hydrogens (tertiary/aromatic N) is 2. The number of fused-ring (bicyclic) bond motifs is 2. The first-order valence-corrected chi connectivity index (χ1v) is 37.3. The minimum atomic E-state index is -3.90. The molecule has 4 aliphatic rings. The molecule has 2 saturated heterocycles. The van der Waals surface area contributed by atoms with E-state index in [-0.39, 0.29) is 121 Å². The van der Waals surface area contributed by atoms with Gasteiger partial charge in [0.2, 0.25) is 10.0 Å². The van der Waals surface area contributed by atoms with Crippen molar-refractivity contribution in [2.24, 2.45) is 29.2 Å². The number of unbranched alkanes of at least 4 members (excludes halogenated alkanes) is 2. The summed E-state index contributed by atoms with van der Waals surface area (Å²) < 4.78 is 93.7. The molecular weight excluding hydrogens is 1300 g/mol. The van der Waals surface area contributed by atoms with Gasteiger partial charge in [-0.15, -0.1) is 0 Å². The number of carbonyl (C=O) groups is 2. The molecule has 92 heavy (non-hydrogen) atoms. The largest absolute Gasteiger partial charge is 0.484 e. The molecule has 510 valence electrons. The molecule has 8 atom stereocenters. The number of benzene rings is 4. The van der Waals surface area contributed by atoms with Crippen molar-refractivity contribution >= 4 is 78.1 Å². The van der Waals surface area contributed by atoms with E-state index < -0.39 is 25.9 Å². The van der Waals surface area contributed by atoms with E-state index >= 15 is 0 Å². The van der Waals surface area contributed by atoms with Crippen LogP contribution in [0.5, 0.6) is 11.5 Å². The molecule has 2 heterocycles. The number of carbonyl (C=O) groups excluding carboxylic acids is 2. The zero-order chi connectivity index (χ0) is 66.0. The van der Waals surface area contributed by atoms with Gasteiger partial charge in [0.1, 0.15) is 29.5 Å². The van der Waals surface area contributed by atoms with E-state index in [0.717, 1.165) is 93.4 Å². The number of piperidine rings is 2. The molecule has 0 spiro atoms. The van der Waals surface area contributed by atoms with Crippen molar-refractivity contribution < 1.29 is 54.8 Å². The van der Waals surface area contributed by atoms with Gasteiger partial charge in [-0.3, -0.25) is 14.6 Å². The Morgan fingerprint density at radius 1 is 0.587 bits per heavy atom. The Morgan fingerprint density at radius 3 is 1.62 bits per heavy atom. The van der Waals surface area contributed by atoms with E-state index in [1.165, 1.54) is 0 Å². The highest BCUT2D eigenvalue weighted by atomic mass is 35.5. The van der Waals surface area contributed by atoms with Crippen molar-refractivity contribution in [2.75, 3.05) is 97.9 Å². The Morgan fingerprint density at radius 2 is 1.09 bits per heavy atom. The van der Waals surface area contributed by atoms with Crippen LogP contribution in [0.2, 0.25) is 20.1 Å². The normalized spacial score (nSPS) is 21.1. The number of nitrogens with one attached hydrogen (secondary N) is 3. The predicted molar refractivity (Wildman–Crippen MR) is 362 cm³/mol. The summed E-state index contributed by atoms with van der Waals surface area (Å²) in [5.41, 5.74) is 16.6. The van der Waals surface area contributed by atoms with Crippen molar-refractivity contribution in [1.29, 1.82) is 0 Å². The molecular formula is C67H95Cl4N7O12S2. The molecule has 2 amide bonds. The molecule has 4 aromatic carbocycles. The van der Waals surface area contributed by atoms with Crippen LogP contribution >= 0.6 is 46.4 Å². The van der Waals surface area contributed by atoms with Crippen LogP contribution in [0.15, 0.2) is 82.6 Å². The monoisotopic (exact) mass is 1390 g/mol. The summed E-state index contributed by atoms with van der Waals surface area (Å²) in [6.07, 6.45) is 8.35. The summed E-state index contributed by atoms with van der Waals surface area (Å²) >= 11 is 26.3. The van der Waals surface area contributed by atoms with Gasteiger partial charge in [-0.2, -0.15) is 0 Å². The molecule has 0 aromatic heterocycles. The van der Waals surface area contributed by atoms with Gasteiger partial charge in [0.25, 0.3) is 0 Å². The van der Waals surface area contributed by atoms with Crippen LogP contribution in [-0.2, 0) is 56.4 Å². The molecule has 8 rings (SSSR count). The molecule has 25 heteroatoms. The third-order valence-electron chi connectivity index (χ3n) is 17.8.